The number of cyclic esters (lactones) is 1. The van der Waals surface area contributed by atoms with E-state index >= 15 is 0 Å². The summed E-state index contributed by atoms with van der Waals surface area (Å²) < 4.78 is 131. The number of halogens is 9. The molecule has 2 aliphatic rings. The number of nitrogens with one attached hydrogen (secondary N) is 1. The van der Waals surface area contributed by atoms with Gasteiger partial charge in [-0.15, -0.1) is 0 Å². The lowest BCUT2D eigenvalue weighted by molar-refractivity contribution is -0.145. The lowest BCUT2D eigenvalue weighted by Gasteiger charge is -2.32. The van der Waals surface area contributed by atoms with E-state index in [4.69, 9.17) is 9.47 Å². The van der Waals surface area contributed by atoms with Gasteiger partial charge in [0.15, 0.2) is 0 Å². The van der Waals surface area contributed by atoms with Gasteiger partial charge in [-0.05, 0) is 93.0 Å². The van der Waals surface area contributed by atoms with Crippen molar-refractivity contribution in [3.8, 4) is 0 Å². The zero-order valence-corrected chi connectivity index (χ0v) is 26.6. The number of nitrogens with zero attached hydrogens (tertiary/aromatic N) is 2. The van der Waals surface area contributed by atoms with Crippen LogP contribution in [0.2, 0.25) is 0 Å². The number of ether oxygens (including phenoxy) is 2. The van der Waals surface area contributed by atoms with Gasteiger partial charge in [0.2, 0.25) is 5.91 Å². The van der Waals surface area contributed by atoms with Gasteiger partial charge >= 0.3 is 30.7 Å². The van der Waals surface area contributed by atoms with Gasteiger partial charge in [0.1, 0.15) is 6.10 Å². The van der Waals surface area contributed by atoms with Gasteiger partial charge < -0.3 is 14.4 Å². The molecule has 1 heterocycles. The van der Waals surface area contributed by atoms with Crippen LogP contribution in [-0.4, -0.2) is 48.9 Å². The summed E-state index contributed by atoms with van der Waals surface area (Å²) in [5.41, 5.74) is -4.11. The molecule has 0 radical (unpaired) electrons. The molecule has 8 nitrogen and oxygen atoms in total. The van der Waals surface area contributed by atoms with Gasteiger partial charge in [0.25, 0.3) is 0 Å². The monoisotopic (exact) mass is 711 g/mol. The third kappa shape index (κ3) is 9.29. The van der Waals surface area contributed by atoms with Crippen LogP contribution in [0.3, 0.4) is 0 Å². The molecule has 0 unspecified atom stereocenters. The maximum absolute atomic E-state index is 13.6. The Morgan fingerprint density at radius 1 is 0.939 bits per heavy atom. The Balaban J connectivity index is 1.60. The van der Waals surface area contributed by atoms with Gasteiger partial charge in [-0.25, -0.2) is 4.79 Å². The van der Waals surface area contributed by atoms with Crippen LogP contribution in [0.15, 0.2) is 36.4 Å². The number of hydrogen-bond donors (Lipinski definition) is 1. The van der Waals surface area contributed by atoms with E-state index in [1.807, 2.05) is 0 Å². The van der Waals surface area contributed by atoms with Crippen LogP contribution < -0.4 is 10.2 Å². The van der Waals surface area contributed by atoms with E-state index < -0.39 is 71.7 Å². The molecule has 0 aromatic heterocycles. The van der Waals surface area contributed by atoms with Gasteiger partial charge in [0.05, 0.1) is 30.3 Å². The van der Waals surface area contributed by atoms with E-state index in [9.17, 15) is 53.9 Å². The van der Waals surface area contributed by atoms with Crippen molar-refractivity contribution in [3.05, 3.63) is 58.7 Å². The molecule has 2 aromatic carbocycles. The highest BCUT2D eigenvalue weighted by Gasteiger charge is 2.44. The Morgan fingerprint density at radius 2 is 1.53 bits per heavy atom. The third-order valence-electron chi connectivity index (χ3n) is 8.69. The number of anilines is 2. The van der Waals surface area contributed by atoms with E-state index in [2.05, 4.69) is 0 Å². The highest BCUT2D eigenvalue weighted by Crippen LogP contribution is 2.42. The Bertz CT molecular complexity index is 1500. The molecule has 0 bridgehead atoms. The fraction of sp³-hybridized carbons (Fsp3) is 0.531. The lowest BCUT2D eigenvalue weighted by atomic mass is 9.80. The van der Waals surface area contributed by atoms with Crippen molar-refractivity contribution in [2.75, 3.05) is 23.9 Å². The van der Waals surface area contributed by atoms with Crippen molar-refractivity contribution in [1.82, 2.24) is 4.90 Å². The summed E-state index contributed by atoms with van der Waals surface area (Å²) in [6.07, 6.45) is -15.7. The van der Waals surface area contributed by atoms with Crippen LogP contribution in [0.5, 0.6) is 0 Å². The van der Waals surface area contributed by atoms with Crippen LogP contribution in [0, 0.1) is 11.8 Å². The molecule has 2 aromatic rings. The maximum atomic E-state index is 13.6. The maximum Gasteiger partial charge on any atom is 0.482 e. The van der Waals surface area contributed by atoms with Gasteiger partial charge in [-0.3, -0.25) is 19.8 Å². The van der Waals surface area contributed by atoms with Crippen molar-refractivity contribution in [2.24, 2.45) is 11.8 Å². The average molecular weight is 712 g/mol. The number of hydrogen-bond acceptors (Lipinski definition) is 6. The highest BCUT2D eigenvalue weighted by atomic mass is 19.4. The number of amides is 2. The summed E-state index contributed by atoms with van der Waals surface area (Å²) in [5.74, 6) is -1.16. The summed E-state index contributed by atoms with van der Waals surface area (Å²) in [7, 11) is 1.40. The number of rotatable bonds is 9. The molecule has 270 valence electrons. The second kappa shape index (κ2) is 14.4. The Labute approximate surface area is 275 Å². The summed E-state index contributed by atoms with van der Waals surface area (Å²) in [6, 6.07) is 3.00. The van der Waals surface area contributed by atoms with Crippen LogP contribution in [-0.2, 0) is 38.0 Å². The molecule has 2 amide bonds. The predicted octanol–water partition coefficient (Wildman–Crippen LogP) is 8.46. The molecule has 4 rings (SSSR count). The van der Waals surface area contributed by atoms with E-state index in [1.165, 1.54) is 30.3 Å². The SMILES string of the molecule is CCOC(=O)CC1CCC(C(=O)N(C)c2ccc(NC(F)(F)F)cc2CN2C(=O)O[C@H](c3cc(C(F)(F)F)cc(C(F)(F)F)c3)[C@@H]2C)CC1. The van der Waals surface area contributed by atoms with Crippen LogP contribution in [0.25, 0.3) is 0 Å². The molecule has 1 saturated heterocycles. The topological polar surface area (TPSA) is 88.2 Å². The Morgan fingerprint density at radius 3 is 2.06 bits per heavy atom. The number of carbonyl (C=O) groups excluding carboxylic acids is 3. The molecule has 1 saturated carbocycles. The average Bonchev–Trinajstić information content (AvgIpc) is 3.27. The highest BCUT2D eigenvalue weighted by molar-refractivity contribution is 5.95. The molecule has 17 heteroatoms. The Hall–Kier alpha value is -4.18. The normalized spacial score (nSPS) is 21.7. The number of benzene rings is 2. The first kappa shape index (κ1) is 37.6. The summed E-state index contributed by atoms with van der Waals surface area (Å²) in [6.45, 7) is 2.74. The molecule has 2 fully saturated rings. The molecule has 1 N–H and O–H groups in total. The molecule has 1 aliphatic heterocycles. The van der Waals surface area contributed by atoms with Gasteiger partial charge in [-0.2, -0.15) is 39.5 Å². The molecular formula is C32H34F9N3O5. The summed E-state index contributed by atoms with van der Waals surface area (Å²) in [4.78, 5) is 40.6. The standard InChI is InChI=1S/C32H34F9N3O5/c1-4-48-26(45)11-18-5-7-19(8-6-18)28(46)43(3)25-10-9-24(42-32(39,40)41)14-21(25)16-44-17(2)27(49-29(44)47)20-12-22(30(33,34)35)15-23(13-20)31(36,37)38/h9-10,12-15,17-19,27,42H,4-8,11,16H2,1-3H3/t17-,18?,19?,27-/m0/s1. The smallest absolute Gasteiger partial charge is 0.466 e. The van der Waals surface area contributed by atoms with Gasteiger partial charge in [0, 0.05) is 30.8 Å². The summed E-state index contributed by atoms with van der Waals surface area (Å²) in [5, 5.41) is 1.34. The Kier molecular flexibility index (Phi) is 11.0. The first-order valence-electron chi connectivity index (χ1n) is 15.4. The first-order valence-corrected chi connectivity index (χ1v) is 15.4. The molecule has 0 spiro atoms. The minimum absolute atomic E-state index is 0.0190. The zero-order valence-electron chi connectivity index (χ0n) is 26.6. The van der Waals surface area contributed by atoms with Crippen molar-refractivity contribution < 1.29 is 63.4 Å². The van der Waals surface area contributed by atoms with E-state index in [1.54, 1.807) is 6.92 Å². The fourth-order valence-corrected chi connectivity index (χ4v) is 6.23. The third-order valence-corrected chi connectivity index (χ3v) is 8.69. The van der Waals surface area contributed by atoms with Crippen molar-refractivity contribution in [3.63, 3.8) is 0 Å². The lowest BCUT2D eigenvalue weighted by Crippen LogP contribution is -2.37. The predicted molar refractivity (Wildman–Crippen MR) is 157 cm³/mol. The zero-order chi connectivity index (χ0) is 36.5. The van der Waals surface area contributed by atoms with Crippen molar-refractivity contribution in [1.29, 1.82) is 0 Å². The molecule has 1 aliphatic carbocycles. The van der Waals surface area contributed by atoms with E-state index in [-0.39, 0.29) is 48.1 Å². The van der Waals surface area contributed by atoms with Gasteiger partial charge in [-0.1, -0.05) is 0 Å². The second-order valence-electron chi connectivity index (χ2n) is 12.1. The summed E-state index contributed by atoms with van der Waals surface area (Å²) >= 11 is 0. The minimum Gasteiger partial charge on any atom is -0.466 e. The first-order chi connectivity index (χ1) is 22.7. The quantitative estimate of drug-likeness (QED) is 0.160. The van der Waals surface area contributed by atoms with E-state index in [0.29, 0.717) is 37.8 Å². The fourth-order valence-electron chi connectivity index (χ4n) is 6.23. The van der Waals surface area contributed by atoms with Crippen LogP contribution in [0.1, 0.15) is 74.3 Å². The van der Waals surface area contributed by atoms with Crippen LogP contribution in [0.4, 0.5) is 55.7 Å². The van der Waals surface area contributed by atoms with Crippen molar-refractivity contribution in [2.45, 2.75) is 83.3 Å². The minimum atomic E-state index is -5.15. The van der Waals surface area contributed by atoms with E-state index in [0.717, 1.165) is 17.0 Å². The molecular weight excluding hydrogens is 677 g/mol. The van der Waals surface area contributed by atoms with Crippen LogP contribution >= 0.6 is 0 Å². The number of carbonyl (C=O) groups is 3. The second-order valence-corrected chi connectivity index (χ2v) is 12.1. The van der Waals surface area contributed by atoms with Crippen molar-refractivity contribution >= 4 is 29.3 Å². The molecule has 2 atom stereocenters. The number of alkyl halides is 9. The number of esters is 1. The largest absolute Gasteiger partial charge is 0.482 e. The molecule has 49 heavy (non-hydrogen) atoms.